The topological polar surface area (TPSA) is 79.9 Å². The lowest BCUT2D eigenvalue weighted by atomic mass is 10.1. The summed E-state index contributed by atoms with van der Waals surface area (Å²) in [5.41, 5.74) is 4.94. The van der Waals surface area contributed by atoms with Crippen molar-refractivity contribution in [3.8, 4) is 11.3 Å². The molecule has 1 aliphatic rings. The standard InChI is InChI=1S/C21H23ClN6O2/c1-3-27-15-8-7-13(10-14(15)24-16(27)11-29-2)18-19-20(26-21(22)25-18)28(12-23-19)17-6-4-5-9-30-17/h7-8,10,12,17H,3-6,9,11H2,1-2H3. The molecule has 4 heterocycles. The van der Waals surface area contributed by atoms with Gasteiger partial charge in [-0.05, 0) is 49.9 Å². The van der Waals surface area contributed by atoms with E-state index < -0.39 is 0 Å². The highest BCUT2D eigenvalue weighted by Crippen LogP contribution is 2.32. The zero-order valence-electron chi connectivity index (χ0n) is 17.0. The Balaban J connectivity index is 1.63. The van der Waals surface area contributed by atoms with Crippen LogP contribution in [-0.2, 0) is 22.6 Å². The molecule has 1 saturated heterocycles. The molecule has 1 aromatic carbocycles. The van der Waals surface area contributed by atoms with E-state index in [9.17, 15) is 0 Å². The lowest BCUT2D eigenvalue weighted by Gasteiger charge is -2.23. The summed E-state index contributed by atoms with van der Waals surface area (Å²) in [4.78, 5) is 18.3. The van der Waals surface area contributed by atoms with Crippen LogP contribution in [0, 0.1) is 0 Å². The molecule has 0 amide bonds. The molecular weight excluding hydrogens is 404 g/mol. The van der Waals surface area contributed by atoms with Gasteiger partial charge in [-0.3, -0.25) is 4.57 Å². The Morgan fingerprint density at radius 2 is 2.13 bits per heavy atom. The van der Waals surface area contributed by atoms with Crippen LogP contribution in [0.2, 0.25) is 5.28 Å². The summed E-state index contributed by atoms with van der Waals surface area (Å²) < 4.78 is 15.3. The molecule has 0 aliphatic carbocycles. The minimum absolute atomic E-state index is 0.0677. The first kappa shape index (κ1) is 19.4. The van der Waals surface area contributed by atoms with Crippen molar-refractivity contribution < 1.29 is 9.47 Å². The third kappa shape index (κ3) is 3.25. The van der Waals surface area contributed by atoms with E-state index in [2.05, 4.69) is 32.5 Å². The zero-order valence-corrected chi connectivity index (χ0v) is 17.8. The second kappa shape index (κ2) is 7.94. The molecule has 1 aliphatic heterocycles. The highest BCUT2D eigenvalue weighted by molar-refractivity contribution is 6.28. The van der Waals surface area contributed by atoms with Gasteiger partial charge in [-0.2, -0.15) is 4.98 Å². The van der Waals surface area contributed by atoms with Gasteiger partial charge in [0.15, 0.2) is 5.65 Å². The minimum Gasteiger partial charge on any atom is -0.377 e. The average molecular weight is 427 g/mol. The van der Waals surface area contributed by atoms with Crippen LogP contribution >= 0.6 is 11.6 Å². The van der Waals surface area contributed by atoms with Crippen LogP contribution in [0.5, 0.6) is 0 Å². The van der Waals surface area contributed by atoms with Gasteiger partial charge in [0, 0.05) is 25.8 Å². The zero-order chi connectivity index (χ0) is 20.7. The van der Waals surface area contributed by atoms with Gasteiger partial charge >= 0.3 is 0 Å². The van der Waals surface area contributed by atoms with E-state index in [0.29, 0.717) is 23.5 Å². The second-order valence-electron chi connectivity index (χ2n) is 7.40. The fourth-order valence-electron chi connectivity index (χ4n) is 4.16. The highest BCUT2D eigenvalue weighted by atomic mass is 35.5. The number of halogens is 1. The molecule has 0 spiro atoms. The number of hydrogen-bond donors (Lipinski definition) is 0. The van der Waals surface area contributed by atoms with Crippen LogP contribution in [0.25, 0.3) is 33.5 Å². The smallest absolute Gasteiger partial charge is 0.225 e. The summed E-state index contributed by atoms with van der Waals surface area (Å²) >= 11 is 6.31. The maximum absolute atomic E-state index is 6.31. The number of imidazole rings is 2. The van der Waals surface area contributed by atoms with Crippen molar-refractivity contribution in [2.45, 2.75) is 45.6 Å². The third-order valence-corrected chi connectivity index (χ3v) is 5.72. The van der Waals surface area contributed by atoms with Crippen molar-refractivity contribution in [3.05, 3.63) is 35.6 Å². The predicted octanol–water partition coefficient (Wildman–Crippen LogP) is 4.36. The van der Waals surface area contributed by atoms with E-state index in [1.165, 1.54) is 0 Å². The Morgan fingerprint density at radius 1 is 1.23 bits per heavy atom. The van der Waals surface area contributed by atoms with E-state index in [1.807, 2.05) is 16.7 Å². The molecule has 0 saturated carbocycles. The summed E-state index contributed by atoms with van der Waals surface area (Å²) in [6.07, 6.45) is 4.85. The van der Waals surface area contributed by atoms with Crippen molar-refractivity contribution >= 4 is 33.8 Å². The van der Waals surface area contributed by atoms with Crippen LogP contribution in [-0.4, -0.2) is 42.8 Å². The number of aromatic nitrogens is 6. The molecule has 0 N–H and O–H groups in total. The lowest BCUT2D eigenvalue weighted by Crippen LogP contribution is -2.17. The molecule has 1 fully saturated rings. The Morgan fingerprint density at radius 3 is 2.90 bits per heavy atom. The van der Waals surface area contributed by atoms with Gasteiger partial charge in [0.05, 0.1) is 17.4 Å². The fourth-order valence-corrected chi connectivity index (χ4v) is 4.33. The first-order valence-electron chi connectivity index (χ1n) is 10.2. The molecule has 0 radical (unpaired) electrons. The predicted molar refractivity (Wildman–Crippen MR) is 114 cm³/mol. The SMILES string of the molecule is CCn1c(COC)nc2cc(-c3nc(Cl)nc4c3ncn4C3CCCCO3)ccc21. The van der Waals surface area contributed by atoms with Gasteiger partial charge in [-0.1, -0.05) is 6.07 Å². The Bertz CT molecular complexity index is 1210. The number of fused-ring (bicyclic) bond motifs is 2. The number of aryl methyl sites for hydroxylation is 1. The normalized spacial score (nSPS) is 17.2. The summed E-state index contributed by atoms with van der Waals surface area (Å²) in [6.45, 7) is 4.13. The fraction of sp³-hybridized carbons (Fsp3) is 0.429. The van der Waals surface area contributed by atoms with Crippen LogP contribution in [0.1, 0.15) is 38.2 Å². The largest absolute Gasteiger partial charge is 0.377 e. The van der Waals surface area contributed by atoms with Crippen molar-refractivity contribution in [3.63, 3.8) is 0 Å². The lowest BCUT2D eigenvalue weighted by molar-refractivity contribution is -0.0298. The number of ether oxygens (including phenoxy) is 2. The molecule has 3 aromatic heterocycles. The Labute approximate surface area is 178 Å². The van der Waals surface area contributed by atoms with E-state index in [1.54, 1.807) is 13.4 Å². The highest BCUT2D eigenvalue weighted by Gasteiger charge is 2.22. The third-order valence-electron chi connectivity index (χ3n) is 5.55. The summed E-state index contributed by atoms with van der Waals surface area (Å²) in [5, 5.41) is 0.189. The van der Waals surface area contributed by atoms with E-state index in [0.717, 1.165) is 54.8 Å². The van der Waals surface area contributed by atoms with Gasteiger partial charge in [-0.25, -0.2) is 15.0 Å². The molecular formula is C21H23ClN6O2. The first-order chi connectivity index (χ1) is 14.7. The van der Waals surface area contributed by atoms with E-state index in [-0.39, 0.29) is 11.5 Å². The summed E-state index contributed by atoms with van der Waals surface area (Å²) in [5.74, 6) is 0.900. The molecule has 4 aromatic rings. The van der Waals surface area contributed by atoms with Gasteiger partial charge in [0.25, 0.3) is 0 Å². The maximum atomic E-state index is 6.31. The van der Waals surface area contributed by atoms with Gasteiger partial charge < -0.3 is 14.0 Å². The van der Waals surface area contributed by atoms with Crippen LogP contribution in [0.4, 0.5) is 0 Å². The molecule has 9 heteroatoms. The number of rotatable bonds is 5. The average Bonchev–Trinajstić information content (AvgIpc) is 3.34. The van der Waals surface area contributed by atoms with Crippen molar-refractivity contribution in [2.75, 3.05) is 13.7 Å². The number of hydrogen-bond acceptors (Lipinski definition) is 6. The molecule has 5 rings (SSSR count). The molecule has 0 bridgehead atoms. The Kier molecular flexibility index (Phi) is 5.14. The molecule has 1 unspecified atom stereocenters. The minimum atomic E-state index is -0.0677. The second-order valence-corrected chi connectivity index (χ2v) is 7.73. The van der Waals surface area contributed by atoms with Crippen molar-refractivity contribution in [2.24, 2.45) is 0 Å². The van der Waals surface area contributed by atoms with E-state index in [4.69, 9.17) is 26.1 Å². The van der Waals surface area contributed by atoms with Gasteiger partial charge in [0.2, 0.25) is 5.28 Å². The van der Waals surface area contributed by atoms with Gasteiger partial charge in [0.1, 0.15) is 29.9 Å². The molecule has 8 nitrogen and oxygen atoms in total. The quantitative estimate of drug-likeness (QED) is 0.441. The van der Waals surface area contributed by atoms with Crippen LogP contribution in [0.15, 0.2) is 24.5 Å². The van der Waals surface area contributed by atoms with Crippen LogP contribution < -0.4 is 0 Å². The number of methoxy groups -OCH3 is 1. The van der Waals surface area contributed by atoms with Crippen LogP contribution in [0.3, 0.4) is 0 Å². The molecule has 156 valence electrons. The van der Waals surface area contributed by atoms with Gasteiger partial charge in [-0.15, -0.1) is 0 Å². The van der Waals surface area contributed by atoms with Crippen molar-refractivity contribution in [1.82, 2.24) is 29.1 Å². The molecule has 1 atom stereocenters. The monoisotopic (exact) mass is 426 g/mol. The maximum Gasteiger partial charge on any atom is 0.225 e. The number of benzene rings is 1. The number of nitrogens with zero attached hydrogens (tertiary/aromatic N) is 6. The van der Waals surface area contributed by atoms with Crippen molar-refractivity contribution in [1.29, 1.82) is 0 Å². The summed E-state index contributed by atoms with van der Waals surface area (Å²) in [6, 6.07) is 6.11. The molecule has 30 heavy (non-hydrogen) atoms. The van der Waals surface area contributed by atoms with E-state index >= 15 is 0 Å². The first-order valence-corrected chi connectivity index (χ1v) is 10.6. The Hall–Kier alpha value is -2.55. The summed E-state index contributed by atoms with van der Waals surface area (Å²) in [7, 11) is 1.68.